The van der Waals surface area contributed by atoms with Crippen molar-refractivity contribution in [2.24, 2.45) is 5.73 Å². The Hall–Kier alpha value is -0.690. The minimum atomic E-state index is -4.37. The van der Waals surface area contributed by atoms with Crippen molar-refractivity contribution >= 4 is 10.1 Å². The molecular weight excluding hydrogens is 194 g/mol. The summed E-state index contributed by atoms with van der Waals surface area (Å²) < 4.78 is 35.6. The molecule has 0 amide bonds. The van der Waals surface area contributed by atoms with Crippen LogP contribution in [0.5, 0.6) is 0 Å². The first-order chi connectivity index (χ1) is 5.92. The summed E-state index contributed by atoms with van der Waals surface area (Å²) in [4.78, 5) is -1.88. The maximum absolute atomic E-state index is 10.9. The van der Waals surface area contributed by atoms with Gasteiger partial charge in [0.2, 0.25) is 0 Å². The largest absolute Gasteiger partial charge is 0.374 e. The van der Waals surface area contributed by atoms with E-state index in [0.717, 1.165) is 0 Å². The van der Waals surface area contributed by atoms with Gasteiger partial charge in [0.25, 0.3) is 10.1 Å². The van der Waals surface area contributed by atoms with Crippen LogP contribution in [0.25, 0.3) is 0 Å². The van der Waals surface area contributed by atoms with Crippen LogP contribution in [0.15, 0.2) is 24.3 Å². The lowest BCUT2D eigenvalue weighted by atomic mass is 10.1. The van der Waals surface area contributed by atoms with Gasteiger partial charge in [0.15, 0.2) is 4.87 Å². The van der Waals surface area contributed by atoms with Crippen LogP contribution in [-0.4, -0.2) is 31.1 Å². The highest BCUT2D eigenvalue weighted by Gasteiger charge is 2.44. The summed E-state index contributed by atoms with van der Waals surface area (Å²) in [5.41, 5.74) is 5.49. The van der Waals surface area contributed by atoms with Crippen LogP contribution < -0.4 is 5.73 Å². The van der Waals surface area contributed by atoms with Crippen LogP contribution in [0.2, 0.25) is 0 Å². The van der Waals surface area contributed by atoms with Crippen molar-refractivity contribution in [2.75, 3.05) is 7.11 Å². The number of ether oxygens (including phenoxy) is 1. The Labute approximate surface area is 76.6 Å². The van der Waals surface area contributed by atoms with E-state index >= 15 is 0 Å². The highest BCUT2D eigenvalue weighted by Crippen LogP contribution is 2.23. The van der Waals surface area contributed by atoms with Gasteiger partial charge in [0, 0.05) is 7.11 Å². The first-order valence-electron chi connectivity index (χ1n) is 3.56. The van der Waals surface area contributed by atoms with E-state index in [4.69, 9.17) is 15.0 Å². The molecular formula is C7H11NO4S. The van der Waals surface area contributed by atoms with Crippen molar-refractivity contribution in [1.82, 2.24) is 0 Å². The van der Waals surface area contributed by atoms with E-state index in [1.807, 2.05) is 0 Å². The first kappa shape index (κ1) is 10.4. The zero-order valence-electron chi connectivity index (χ0n) is 7.04. The molecule has 5 nitrogen and oxygen atoms in total. The third kappa shape index (κ3) is 1.66. The third-order valence-corrected chi connectivity index (χ3v) is 3.16. The Balaban J connectivity index is 3.15. The Morgan fingerprint density at radius 3 is 2.54 bits per heavy atom. The summed E-state index contributed by atoms with van der Waals surface area (Å²) in [6.07, 6.45) is 4.84. The molecule has 0 fully saturated rings. The average molecular weight is 205 g/mol. The van der Waals surface area contributed by atoms with E-state index in [2.05, 4.69) is 0 Å². The number of rotatable bonds is 2. The molecule has 0 aliphatic heterocycles. The van der Waals surface area contributed by atoms with Gasteiger partial charge < -0.3 is 10.5 Å². The lowest BCUT2D eigenvalue weighted by Crippen LogP contribution is -2.56. The average Bonchev–Trinajstić information content (AvgIpc) is 2.03. The van der Waals surface area contributed by atoms with Gasteiger partial charge in [-0.1, -0.05) is 18.2 Å². The number of hydrogen-bond donors (Lipinski definition) is 2. The van der Waals surface area contributed by atoms with E-state index < -0.39 is 21.1 Å². The molecule has 2 unspecified atom stereocenters. The van der Waals surface area contributed by atoms with Gasteiger partial charge in [-0.3, -0.25) is 4.55 Å². The zero-order chi connectivity index (χ0) is 10.1. The Morgan fingerprint density at radius 1 is 1.54 bits per heavy atom. The summed E-state index contributed by atoms with van der Waals surface area (Å²) >= 11 is 0. The molecule has 1 aliphatic carbocycles. The van der Waals surface area contributed by atoms with Gasteiger partial charge in [-0.15, -0.1) is 0 Å². The minimum Gasteiger partial charge on any atom is -0.374 e. The highest BCUT2D eigenvalue weighted by atomic mass is 32.2. The van der Waals surface area contributed by atoms with Crippen molar-refractivity contribution in [2.45, 2.75) is 11.0 Å². The fourth-order valence-corrected chi connectivity index (χ4v) is 1.83. The second-order valence-corrected chi connectivity index (χ2v) is 4.39. The lowest BCUT2D eigenvalue weighted by Gasteiger charge is -2.30. The van der Waals surface area contributed by atoms with Crippen molar-refractivity contribution in [1.29, 1.82) is 0 Å². The number of allylic oxidation sites excluding steroid dienone is 2. The van der Waals surface area contributed by atoms with E-state index in [0.29, 0.717) is 0 Å². The molecule has 0 aromatic heterocycles. The molecule has 0 spiro atoms. The van der Waals surface area contributed by atoms with Crippen LogP contribution in [0, 0.1) is 0 Å². The molecule has 2 atom stereocenters. The van der Waals surface area contributed by atoms with Crippen LogP contribution in [0.1, 0.15) is 0 Å². The quantitative estimate of drug-likeness (QED) is 0.602. The summed E-state index contributed by atoms with van der Waals surface area (Å²) in [7, 11) is -3.05. The minimum absolute atomic E-state index is 0.868. The van der Waals surface area contributed by atoms with E-state index in [-0.39, 0.29) is 0 Å². The molecule has 1 aliphatic rings. The smallest absolute Gasteiger partial charge is 0.290 e. The highest BCUT2D eigenvalue weighted by molar-refractivity contribution is 7.87. The van der Waals surface area contributed by atoms with Gasteiger partial charge in [-0.05, 0) is 6.08 Å². The number of nitrogens with two attached hydrogens (primary N) is 1. The molecule has 0 radical (unpaired) electrons. The third-order valence-electron chi connectivity index (χ3n) is 1.90. The molecule has 0 saturated carbocycles. The van der Waals surface area contributed by atoms with Crippen molar-refractivity contribution < 1.29 is 17.7 Å². The lowest BCUT2D eigenvalue weighted by molar-refractivity contribution is 0.113. The van der Waals surface area contributed by atoms with E-state index in [1.165, 1.54) is 25.3 Å². The van der Waals surface area contributed by atoms with E-state index in [9.17, 15) is 8.42 Å². The Morgan fingerprint density at radius 2 is 2.15 bits per heavy atom. The molecule has 0 aromatic rings. The standard InChI is InChI=1S/C7H11NO4S/c1-12-6-4-2-3-5-7(6,8)13(9,10)11/h2-6H,8H2,1H3,(H,9,10,11). The molecule has 6 heteroatoms. The van der Waals surface area contributed by atoms with Crippen LogP contribution >= 0.6 is 0 Å². The molecule has 74 valence electrons. The summed E-state index contributed by atoms with van der Waals surface area (Å²) in [6.45, 7) is 0. The second-order valence-electron chi connectivity index (χ2n) is 2.73. The van der Waals surface area contributed by atoms with Gasteiger partial charge in [0.05, 0.1) is 0 Å². The predicted octanol–water partition coefficient (Wildman–Crippen LogP) is -0.330. The Kier molecular flexibility index (Phi) is 2.58. The van der Waals surface area contributed by atoms with Gasteiger partial charge in [-0.25, -0.2) is 0 Å². The SMILES string of the molecule is COC1C=CC=CC1(N)S(=O)(=O)O. The van der Waals surface area contributed by atoms with Crippen molar-refractivity contribution in [3.8, 4) is 0 Å². The van der Waals surface area contributed by atoms with Gasteiger partial charge in [0.1, 0.15) is 6.10 Å². The maximum Gasteiger partial charge on any atom is 0.290 e. The molecule has 1 rings (SSSR count). The monoisotopic (exact) mass is 205 g/mol. The predicted molar refractivity (Wildman–Crippen MR) is 47.5 cm³/mol. The van der Waals surface area contributed by atoms with Crippen molar-refractivity contribution in [3.63, 3.8) is 0 Å². The molecule has 0 saturated heterocycles. The van der Waals surface area contributed by atoms with Gasteiger partial charge in [-0.2, -0.15) is 8.42 Å². The molecule has 0 heterocycles. The molecule has 3 N–H and O–H groups in total. The fourth-order valence-electron chi connectivity index (χ4n) is 1.11. The van der Waals surface area contributed by atoms with Crippen LogP contribution in [0.4, 0.5) is 0 Å². The van der Waals surface area contributed by atoms with Crippen LogP contribution in [-0.2, 0) is 14.9 Å². The molecule has 13 heavy (non-hydrogen) atoms. The number of methoxy groups -OCH3 is 1. The normalized spacial score (nSPS) is 33.6. The zero-order valence-corrected chi connectivity index (χ0v) is 7.86. The van der Waals surface area contributed by atoms with Gasteiger partial charge >= 0.3 is 0 Å². The van der Waals surface area contributed by atoms with Crippen molar-refractivity contribution in [3.05, 3.63) is 24.3 Å². The maximum atomic E-state index is 10.9. The summed E-state index contributed by atoms with van der Waals surface area (Å²) in [6, 6.07) is 0. The topological polar surface area (TPSA) is 89.6 Å². The van der Waals surface area contributed by atoms with Crippen LogP contribution in [0.3, 0.4) is 0 Å². The first-order valence-corrected chi connectivity index (χ1v) is 5.00. The molecule has 0 bridgehead atoms. The fraction of sp³-hybridized carbons (Fsp3) is 0.429. The summed E-state index contributed by atoms with van der Waals surface area (Å²) in [5, 5.41) is 0. The molecule has 0 aromatic carbocycles. The number of hydrogen-bond acceptors (Lipinski definition) is 4. The second kappa shape index (κ2) is 3.22. The Bertz CT molecular complexity index is 346. The van der Waals surface area contributed by atoms with E-state index in [1.54, 1.807) is 6.08 Å². The summed E-state index contributed by atoms with van der Waals surface area (Å²) in [5.74, 6) is 0.